The van der Waals surface area contributed by atoms with Crippen LogP contribution >= 0.6 is 0 Å². The summed E-state index contributed by atoms with van der Waals surface area (Å²) in [6, 6.07) is 0. The standard InChI is InChI=1S/C15H26N4O/c1-9(2)13-17-8-11(16)12(19-13)14(20)18-7-10(3)15(4,5)6/h8-10H,7,16H2,1-6H3,(H,18,20). The molecule has 1 aromatic heterocycles. The lowest BCUT2D eigenvalue weighted by molar-refractivity contribution is 0.0932. The Balaban J connectivity index is 2.80. The quantitative estimate of drug-likeness (QED) is 0.887. The Labute approximate surface area is 121 Å². The number of aromatic nitrogens is 2. The van der Waals surface area contributed by atoms with Crippen LogP contribution in [-0.2, 0) is 0 Å². The minimum Gasteiger partial charge on any atom is -0.396 e. The minimum absolute atomic E-state index is 0.146. The van der Waals surface area contributed by atoms with Crippen molar-refractivity contribution in [3.63, 3.8) is 0 Å². The van der Waals surface area contributed by atoms with Gasteiger partial charge in [-0.05, 0) is 11.3 Å². The fraction of sp³-hybridized carbons (Fsp3) is 0.667. The number of rotatable bonds is 4. The third-order valence-corrected chi connectivity index (χ3v) is 3.61. The summed E-state index contributed by atoms with van der Waals surface area (Å²) in [4.78, 5) is 20.6. The normalized spacial score (nSPS) is 13.3. The highest BCUT2D eigenvalue weighted by molar-refractivity contribution is 5.96. The summed E-state index contributed by atoms with van der Waals surface area (Å²) < 4.78 is 0. The topological polar surface area (TPSA) is 80.9 Å². The van der Waals surface area contributed by atoms with Crippen LogP contribution in [-0.4, -0.2) is 22.4 Å². The first-order chi connectivity index (χ1) is 9.12. The maximum absolute atomic E-state index is 12.2. The molecule has 1 rings (SSSR count). The van der Waals surface area contributed by atoms with E-state index >= 15 is 0 Å². The Bertz CT molecular complexity index is 477. The highest BCUT2D eigenvalue weighted by Crippen LogP contribution is 2.24. The van der Waals surface area contributed by atoms with Gasteiger partial charge < -0.3 is 11.1 Å². The summed E-state index contributed by atoms with van der Waals surface area (Å²) in [6.45, 7) is 13.1. The van der Waals surface area contributed by atoms with Gasteiger partial charge in [0.25, 0.3) is 5.91 Å². The van der Waals surface area contributed by atoms with E-state index in [1.807, 2.05) is 13.8 Å². The van der Waals surface area contributed by atoms with Gasteiger partial charge in [-0.1, -0.05) is 41.5 Å². The molecule has 0 aliphatic heterocycles. The lowest BCUT2D eigenvalue weighted by atomic mass is 9.82. The Morgan fingerprint density at radius 1 is 1.35 bits per heavy atom. The molecule has 0 aliphatic rings. The molecule has 3 N–H and O–H groups in total. The molecule has 1 heterocycles. The van der Waals surface area contributed by atoms with Crippen molar-refractivity contribution < 1.29 is 4.79 Å². The molecular weight excluding hydrogens is 252 g/mol. The molecule has 0 saturated carbocycles. The molecule has 0 fully saturated rings. The highest BCUT2D eigenvalue weighted by atomic mass is 16.1. The van der Waals surface area contributed by atoms with Crippen LogP contribution in [0, 0.1) is 11.3 Å². The first-order valence-electron chi connectivity index (χ1n) is 7.03. The second-order valence-corrected chi connectivity index (χ2v) is 6.66. The molecule has 5 nitrogen and oxygen atoms in total. The number of anilines is 1. The van der Waals surface area contributed by atoms with Crippen molar-refractivity contribution in [2.24, 2.45) is 11.3 Å². The van der Waals surface area contributed by atoms with Gasteiger partial charge in [-0.15, -0.1) is 0 Å². The summed E-state index contributed by atoms with van der Waals surface area (Å²) in [5.74, 6) is 0.922. The summed E-state index contributed by atoms with van der Waals surface area (Å²) >= 11 is 0. The van der Waals surface area contributed by atoms with Gasteiger partial charge in [0, 0.05) is 12.5 Å². The molecule has 20 heavy (non-hydrogen) atoms. The second-order valence-electron chi connectivity index (χ2n) is 6.66. The SMILES string of the molecule is CC(C)c1ncc(N)c(C(=O)NCC(C)C(C)(C)C)n1. The van der Waals surface area contributed by atoms with E-state index in [2.05, 4.69) is 43.0 Å². The zero-order chi connectivity index (χ0) is 15.5. The summed E-state index contributed by atoms with van der Waals surface area (Å²) in [7, 11) is 0. The number of hydrogen-bond donors (Lipinski definition) is 2. The molecule has 1 unspecified atom stereocenters. The number of amides is 1. The van der Waals surface area contributed by atoms with Gasteiger partial charge in [0.2, 0.25) is 0 Å². The van der Waals surface area contributed by atoms with Gasteiger partial charge in [-0.3, -0.25) is 4.79 Å². The molecule has 5 heteroatoms. The summed E-state index contributed by atoms with van der Waals surface area (Å²) in [5.41, 5.74) is 6.53. The molecule has 0 aromatic carbocycles. The number of hydrogen-bond acceptors (Lipinski definition) is 4. The van der Waals surface area contributed by atoms with Gasteiger partial charge >= 0.3 is 0 Å². The predicted octanol–water partition coefficient (Wildman–Crippen LogP) is 2.59. The first kappa shape index (κ1) is 16.4. The lowest BCUT2D eigenvalue weighted by Gasteiger charge is -2.27. The van der Waals surface area contributed by atoms with Crippen LogP contribution in [0.4, 0.5) is 5.69 Å². The van der Waals surface area contributed by atoms with Crippen LogP contribution in [0.15, 0.2) is 6.20 Å². The van der Waals surface area contributed by atoms with E-state index in [0.29, 0.717) is 24.0 Å². The van der Waals surface area contributed by atoms with Gasteiger partial charge in [-0.25, -0.2) is 9.97 Å². The molecule has 0 spiro atoms. The highest BCUT2D eigenvalue weighted by Gasteiger charge is 2.21. The van der Waals surface area contributed by atoms with E-state index in [4.69, 9.17) is 5.73 Å². The van der Waals surface area contributed by atoms with Crippen molar-refractivity contribution in [3.8, 4) is 0 Å². The van der Waals surface area contributed by atoms with Crippen molar-refractivity contribution in [1.82, 2.24) is 15.3 Å². The van der Waals surface area contributed by atoms with Crippen molar-refractivity contribution in [1.29, 1.82) is 0 Å². The second kappa shape index (κ2) is 6.20. The van der Waals surface area contributed by atoms with E-state index < -0.39 is 0 Å². The maximum Gasteiger partial charge on any atom is 0.272 e. The number of nitrogen functional groups attached to an aromatic ring is 1. The average molecular weight is 278 g/mol. The zero-order valence-corrected chi connectivity index (χ0v) is 13.3. The number of nitrogens with two attached hydrogens (primary N) is 1. The van der Waals surface area contributed by atoms with Crippen LogP contribution in [0.2, 0.25) is 0 Å². The van der Waals surface area contributed by atoms with Crippen LogP contribution in [0.3, 0.4) is 0 Å². The largest absolute Gasteiger partial charge is 0.396 e. The molecular formula is C15H26N4O. The van der Waals surface area contributed by atoms with Crippen molar-refractivity contribution in [2.45, 2.75) is 47.5 Å². The Kier molecular flexibility index (Phi) is 5.09. The first-order valence-corrected chi connectivity index (χ1v) is 7.03. The third-order valence-electron chi connectivity index (χ3n) is 3.61. The van der Waals surface area contributed by atoms with Gasteiger partial charge in [-0.2, -0.15) is 0 Å². The van der Waals surface area contributed by atoms with Gasteiger partial charge in [0.1, 0.15) is 5.82 Å². The predicted molar refractivity (Wildman–Crippen MR) is 81.5 cm³/mol. The van der Waals surface area contributed by atoms with E-state index in [0.717, 1.165) is 0 Å². The molecule has 0 saturated heterocycles. The maximum atomic E-state index is 12.2. The molecule has 0 aliphatic carbocycles. The summed E-state index contributed by atoms with van der Waals surface area (Å²) in [5, 5.41) is 2.90. The Morgan fingerprint density at radius 3 is 2.45 bits per heavy atom. The van der Waals surface area contributed by atoms with E-state index in [1.54, 1.807) is 0 Å². The van der Waals surface area contributed by atoms with Crippen LogP contribution in [0.1, 0.15) is 63.8 Å². The van der Waals surface area contributed by atoms with Crippen molar-refractivity contribution >= 4 is 11.6 Å². The number of carbonyl (C=O) groups excluding carboxylic acids is 1. The van der Waals surface area contributed by atoms with E-state index in [-0.39, 0.29) is 22.9 Å². The Hall–Kier alpha value is -1.65. The van der Waals surface area contributed by atoms with Crippen molar-refractivity contribution in [2.75, 3.05) is 12.3 Å². The minimum atomic E-state index is -0.233. The zero-order valence-electron chi connectivity index (χ0n) is 13.3. The molecule has 1 amide bonds. The monoisotopic (exact) mass is 278 g/mol. The summed E-state index contributed by atoms with van der Waals surface area (Å²) in [6.07, 6.45) is 1.50. The molecule has 0 bridgehead atoms. The third kappa shape index (κ3) is 4.18. The number of nitrogens with zero attached hydrogens (tertiary/aromatic N) is 2. The number of nitrogens with one attached hydrogen (secondary N) is 1. The fourth-order valence-electron chi connectivity index (χ4n) is 1.50. The van der Waals surface area contributed by atoms with E-state index in [9.17, 15) is 4.79 Å². The average Bonchev–Trinajstić information content (AvgIpc) is 2.34. The number of carbonyl (C=O) groups is 1. The molecule has 1 aromatic rings. The van der Waals surface area contributed by atoms with Crippen LogP contribution in [0.5, 0.6) is 0 Å². The Morgan fingerprint density at radius 2 is 1.95 bits per heavy atom. The van der Waals surface area contributed by atoms with Gasteiger partial charge in [0.15, 0.2) is 5.69 Å². The van der Waals surface area contributed by atoms with Crippen molar-refractivity contribution in [3.05, 3.63) is 17.7 Å². The molecule has 0 radical (unpaired) electrons. The van der Waals surface area contributed by atoms with Crippen LogP contribution < -0.4 is 11.1 Å². The van der Waals surface area contributed by atoms with Crippen LogP contribution in [0.25, 0.3) is 0 Å². The fourth-order valence-corrected chi connectivity index (χ4v) is 1.50. The van der Waals surface area contributed by atoms with Gasteiger partial charge in [0.05, 0.1) is 11.9 Å². The molecule has 112 valence electrons. The lowest BCUT2D eigenvalue weighted by Crippen LogP contribution is -2.34. The smallest absolute Gasteiger partial charge is 0.272 e. The molecule has 1 atom stereocenters. The van der Waals surface area contributed by atoms with E-state index in [1.165, 1.54) is 6.20 Å².